The zero-order valence-corrected chi connectivity index (χ0v) is 27.7. The summed E-state index contributed by atoms with van der Waals surface area (Å²) < 4.78 is 2.37. The van der Waals surface area contributed by atoms with Gasteiger partial charge in [-0.1, -0.05) is 164 Å². The number of hydrogen-bond acceptors (Lipinski definition) is 0. The molecule has 9 aromatic rings. The molecule has 0 fully saturated rings. The summed E-state index contributed by atoms with van der Waals surface area (Å²) in [6.45, 7) is 0. The molecule has 0 aliphatic carbocycles. The molecule has 0 saturated heterocycles. The first-order valence-electron chi connectivity index (χ1n) is 17.3. The highest BCUT2D eigenvalue weighted by molar-refractivity contribution is 6.10. The Balaban J connectivity index is 0.942. The van der Waals surface area contributed by atoms with Crippen molar-refractivity contribution in [3.05, 3.63) is 211 Å². The van der Waals surface area contributed by atoms with Gasteiger partial charge in [-0.15, -0.1) is 0 Å². The second-order valence-electron chi connectivity index (χ2n) is 13.0. The van der Waals surface area contributed by atoms with Crippen LogP contribution in [-0.2, 0) is 6.42 Å². The fourth-order valence-corrected chi connectivity index (χ4v) is 7.24. The van der Waals surface area contributed by atoms with Gasteiger partial charge in [-0.05, 0) is 98.5 Å². The van der Waals surface area contributed by atoms with Crippen molar-refractivity contribution in [2.75, 3.05) is 0 Å². The van der Waals surface area contributed by atoms with E-state index in [1.54, 1.807) is 0 Å². The first-order valence-corrected chi connectivity index (χ1v) is 17.3. The molecular formula is C49H35N. The lowest BCUT2D eigenvalue weighted by atomic mass is 9.95. The van der Waals surface area contributed by atoms with Crippen molar-refractivity contribution in [1.82, 2.24) is 4.57 Å². The first-order chi connectivity index (χ1) is 24.8. The standard InChI is InChI=1S/C49H35N/c1-3-10-37(11-4-1)38-22-18-35(19-23-38)32-36-20-24-39(25-21-36)40-26-28-41(29-27-40)42-12-9-13-43(33-42)44-30-31-49-47(34-44)46-16-7-8-17-48(46)50(49)45-14-5-2-6-15-45/h1-31,33-34H,32H2. The Hall–Kier alpha value is -6.44. The topological polar surface area (TPSA) is 4.93 Å². The highest BCUT2D eigenvalue weighted by Gasteiger charge is 2.13. The molecule has 0 N–H and O–H groups in total. The predicted molar refractivity (Wildman–Crippen MR) is 212 cm³/mol. The van der Waals surface area contributed by atoms with Gasteiger partial charge in [-0.25, -0.2) is 0 Å². The van der Waals surface area contributed by atoms with Gasteiger partial charge in [0, 0.05) is 16.5 Å². The van der Waals surface area contributed by atoms with Gasteiger partial charge in [-0.2, -0.15) is 0 Å². The summed E-state index contributed by atoms with van der Waals surface area (Å²) in [7, 11) is 0. The van der Waals surface area contributed by atoms with Crippen molar-refractivity contribution in [2.24, 2.45) is 0 Å². The van der Waals surface area contributed by atoms with E-state index >= 15 is 0 Å². The fourth-order valence-electron chi connectivity index (χ4n) is 7.24. The highest BCUT2D eigenvalue weighted by atomic mass is 15.0. The molecule has 0 saturated carbocycles. The summed E-state index contributed by atoms with van der Waals surface area (Å²) in [5.41, 5.74) is 16.1. The quantitative estimate of drug-likeness (QED) is 0.164. The Morgan fingerprint density at radius 1 is 0.280 bits per heavy atom. The van der Waals surface area contributed by atoms with E-state index in [1.165, 1.54) is 83.1 Å². The van der Waals surface area contributed by atoms with Crippen LogP contribution in [0.2, 0.25) is 0 Å². The SMILES string of the molecule is c1ccc(-c2ccc(Cc3ccc(-c4ccc(-c5cccc(-c6ccc7c(c6)c6ccccc6n7-c6ccccc6)c5)cc4)cc3)cc2)cc1. The third-order valence-electron chi connectivity index (χ3n) is 9.86. The molecular weight excluding hydrogens is 603 g/mol. The third-order valence-corrected chi connectivity index (χ3v) is 9.86. The van der Waals surface area contributed by atoms with Crippen LogP contribution in [0, 0.1) is 0 Å². The molecule has 0 unspecified atom stereocenters. The minimum absolute atomic E-state index is 0.923. The summed E-state index contributed by atoms with van der Waals surface area (Å²) in [6.07, 6.45) is 0.923. The summed E-state index contributed by atoms with van der Waals surface area (Å²) >= 11 is 0. The molecule has 9 rings (SSSR count). The normalized spacial score (nSPS) is 11.3. The van der Waals surface area contributed by atoms with E-state index in [0.717, 1.165) is 6.42 Å². The summed E-state index contributed by atoms with van der Waals surface area (Å²) in [4.78, 5) is 0. The van der Waals surface area contributed by atoms with E-state index in [9.17, 15) is 0 Å². The average Bonchev–Trinajstić information content (AvgIpc) is 3.53. The summed E-state index contributed by atoms with van der Waals surface area (Å²) in [6, 6.07) is 72.6. The third kappa shape index (κ3) is 5.70. The Morgan fingerprint density at radius 2 is 0.700 bits per heavy atom. The van der Waals surface area contributed by atoms with Gasteiger partial charge in [0.1, 0.15) is 0 Å². The van der Waals surface area contributed by atoms with Crippen molar-refractivity contribution >= 4 is 21.8 Å². The number of hydrogen-bond donors (Lipinski definition) is 0. The lowest BCUT2D eigenvalue weighted by molar-refractivity contribution is 1.18. The minimum Gasteiger partial charge on any atom is -0.309 e. The molecule has 1 nitrogen and oxygen atoms in total. The molecule has 1 heteroatoms. The van der Waals surface area contributed by atoms with Gasteiger partial charge in [0.15, 0.2) is 0 Å². The molecule has 0 aliphatic heterocycles. The number of aromatic nitrogens is 1. The van der Waals surface area contributed by atoms with Crippen LogP contribution in [0.25, 0.3) is 72.0 Å². The van der Waals surface area contributed by atoms with Crippen LogP contribution in [0.1, 0.15) is 11.1 Å². The van der Waals surface area contributed by atoms with Crippen LogP contribution in [-0.4, -0.2) is 4.57 Å². The molecule has 50 heavy (non-hydrogen) atoms. The second-order valence-corrected chi connectivity index (χ2v) is 13.0. The van der Waals surface area contributed by atoms with Crippen molar-refractivity contribution in [3.63, 3.8) is 0 Å². The minimum atomic E-state index is 0.923. The molecule has 236 valence electrons. The van der Waals surface area contributed by atoms with E-state index in [1.807, 2.05) is 0 Å². The van der Waals surface area contributed by atoms with Crippen molar-refractivity contribution in [3.8, 4) is 50.2 Å². The van der Waals surface area contributed by atoms with Crippen LogP contribution >= 0.6 is 0 Å². The van der Waals surface area contributed by atoms with E-state index in [-0.39, 0.29) is 0 Å². The lowest BCUT2D eigenvalue weighted by Gasteiger charge is -2.10. The van der Waals surface area contributed by atoms with Crippen molar-refractivity contribution in [2.45, 2.75) is 6.42 Å². The van der Waals surface area contributed by atoms with E-state index in [0.29, 0.717) is 0 Å². The maximum absolute atomic E-state index is 2.37. The molecule has 0 bridgehead atoms. The highest BCUT2D eigenvalue weighted by Crippen LogP contribution is 2.36. The Bertz CT molecular complexity index is 2560. The largest absolute Gasteiger partial charge is 0.309 e. The number of fused-ring (bicyclic) bond motifs is 3. The number of rotatable bonds is 7. The van der Waals surface area contributed by atoms with Gasteiger partial charge >= 0.3 is 0 Å². The van der Waals surface area contributed by atoms with Gasteiger partial charge in [-0.3, -0.25) is 0 Å². The van der Waals surface area contributed by atoms with Crippen LogP contribution in [0.4, 0.5) is 0 Å². The molecule has 0 atom stereocenters. The maximum atomic E-state index is 2.37. The van der Waals surface area contributed by atoms with E-state index < -0.39 is 0 Å². The molecule has 1 aromatic heterocycles. The second kappa shape index (κ2) is 12.9. The van der Waals surface area contributed by atoms with Crippen molar-refractivity contribution in [1.29, 1.82) is 0 Å². The molecule has 0 spiro atoms. The number of para-hydroxylation sites is 2. The molecule has 0 amide bonds. The van der Waals surface area contributed by atoms with Crippen LogP contribution in [0.5, 0.6) is 0 Å². The molecule has 0 aliphatic rings. The average molecular weight is 638 g/mol. The zero-order chi connectivity index (χ0) is 33.3. The van der Waals surface area contributed by atoms with E-state index in [4.69, 9.17) is 0 Å². The molecule has 8 aromatic carbocycles. The Morgan fingerprint density at radius 3 is 1.34 bits per heavy atom. The van der Waals surface area contributed by atoms with Gasteiger partial charge in [0.25, 0.3) is 0 Å². The smallest absolute Gasteiger partial charge is 0.0541 e. The lowest BCUT2D eigenvalue weighted by Crippen LogP contribution is -1.92. The van der Waals surface area contributed by atoms with Crippen LogP contribution < -0.4 is 0 Å². The molecule has 0 radical (unpaired) electrons. The van der Waals surface area contributed by atoms with Crippen LogP contribution in [0.3, 0.4) is 0 Å². The van der Waals surface area contributed by atoms with Crippen molar-refractivity contribution < 1.29 is 0 Å². The van der Waals surface area contributed by atoms with E-state index in [2.05, 4.69) is 205 Å². The summed E-state index contributed by atoms with van der Waals surface area (Å²) in [5.74, 6) is 0. The fraction of sp³-hybridized carbons (Fsp3) is 0.0204. The molecule has 1 heterocycles. The van der Waals surface area contributed by atoms with Gasteiger partial charge in [0.2, 0.25) is 0 Å². The Labute approximate surface area is 293 Å². The van der Waals surface area contributed by atoms with Gasteiger partial charge < -0.3 is 4.57 Å². The number of benzene rings is 8. The Kier molecular flexibility index (Phi) is 7.64. The zero-order valence-electron chi connectivity index (χ0n) is 27.7. The van der Waals surface area contributed by atoms with Crippen LogP contribution in [0.15, 0.2) is 200 Å². The maximum Gasteiger partial charge on any atom is 0.0541 e. The monoisotopic (exact) mass is 637 g/mol. The van der Waals surface area contributed by atoms with Gasteiger partial charge in [0.05, 0.1) is 11.0 Å². The first kappa shape index (κ1) is 29.7. The predicted octanol–water partition coefficient (Wildman–Crippen LogP) is 13.0. The summed E-state index contributed by atoms with van der Waals surface area (Å²) in [5, 5.41) is 2.54. The number of nitrogens with zero attached hydrogens (tertiary/aromatic N) is 1.